The zero-order valence-electron chi connectivity index (χ0n) is 16.2. The summed E-state index contributed by atoms with van der Waals surface area (Å²) < 4.78 is 0. The van der Waals surface area contributed by atoms with Crippen LogP contribution in [-0.2, 0) is 4.79 Å². The quantitative estimate of drug-likeness (QED) is 0.198. The highest BCUT2D eigenvalue weighted by atomic mass is 16.4. The van der Waals surface area contributed by atoms with Gasteiger partial charge in [-0.2, -0.15) is 0 Å². The fourth-order valence-electron chi connectivity index (χ4n) is 2.20. The molecule has 0 radical (unpaired) electrons. The second-order valence-electron chi connectivity index (χ2n) is 6.24. The Morgan fingerprint density at radius 1 is 0.852 bits per heavy atom. The first-order valence-electron chi connectivity index (χ1n) is 9.56. The predicted octanol–water partition coefficient (Wildman–Crippen LogP) is 3.69. The van der Waals surface area contributed by atoms with E-state index in [1.54, 1.807) is 30.4 Å². The average molecular weight is 379 g/mol. The predicted molar refractivity (Wildman–Crippen MR) is 109 cm³/mol. The van der Waals surface area contributed by atoms with E-state index in [1.807, 2.05) is 12.2 Å². The van der Waals surface area contributed by atoms with Gasteiger partial charge in [0.05, 0.1) is 18.3 Å². The number of carboxylic acids is 1. The molecule has 4 N–H and O–H groups in total. The molecule has 27 heavy (non-hydrogen) atoms. The third kappa shape index (κ3) is 17.2. The molecule has 0 saturated carbocycles. The molecule has 0 aliphatic heterocycles. The van der Waals surface area contributed by atoms with Gasteiger partial charge in [0.2, 0.25) is 0 Å². The lowest BCUT2D eigenvalue weighted by atomic mass is 10.0. The lowest BCUT2D eigenvalue weighted by Crippen LogP contribution is -2.23. The molecule has 0 fully saturated rings. The molecule has 0 aliphatic carbocycles. The second kappa shape index (κ2) is 17.5. The molecule has 0 aromatic heterocycles. The smallest absolute Gasteiger partial charge is 0.303 e. The largest absolute Gasteiger partial charge is 0.481 e. The Morgan fingerprint density at radius 2 is 1.52 bits per heavy atom. The van der Waals surface area contributed by atoms with Crippen molar-refractivity contribution >= 4 is 5.97 Å². The van der Waals surface area contributed by atoms with Crippen LogP contribution in [0.25, 0.3) is 0 Å². The minimum absolute atomic E-state index is 0.131. The standard InChI is InChI=1S/C22H34O5/c1-2-3-4-5-6-7-9-14-19(23)15-12-13-17-21(25)20(24)16-10-8-11-18-22(26)27/h3-4,6-7,9,12-15,17,19-21,23-25H,2,5,8,10-11,16,18H2,1H3,(H,26,27)/b4-3-,7-6-,14-9+,15-12+,17-13+/t19?,20-,21?/m1/s1. The number of hydrogen-bond donors (Lipinski definition) is 4. The molecule has 0 rings (SSSR count). The van der Waals surface area contributed by atoms with Crippen LogP contribution in [0, 0.1) is 0 Å². The van der Waals surface area contributed by atoms with Gasteiger partial charge in [0.25, 0.3) is 0 Å². The van der Waals surface area contributed by atoms with Crippen LogP contribution in [-0.4, -0.2) is 44.7 Å². The molecule has 3 atom stereocenters. The van der Waals surface area contributed by atoms with E-state index in [-0.39, 0.29) is 6.42 Å². The van der Waals surface area contributed by atoms with Gasteiger partial charge in [-0.3, -0.25) is 4.79 Å². The molecule has 0 aliphatic rings. The van der Waals surface area contributed by atoms with Crippen LogP contribution in [0.1, 0.15) is 51.9 Å². The molecule has 0 saturated heterocycles. The lowest BCUT2D eigenvalue weighted by molar-refractivity contribution is -0.137. The Kier molecular flexibility index (Phi) is 16.2. The fourth-order valence-corrected chi connectivity index (χ4v) is 2.20. The summed E-state index contributed by atoms with van der Waals surface area (Å²) in [5, 5.41) is 38.0. The molecule has 5 nitrogen and oxygen atoms in total. The number of carbonyl (C=O) groups is 1. The van der Waals surface area contributed by atoms with Crippen LogP contribution in [0.15, 0.2) is 60.8 Å². The van der Waals surface area contributed by atoms with Gasteiger partial charge in [-0.25, -0.2) is 0 Å². The van der Waals surface area contributed by atoms with Gasteiger partial charge in [0, 0.05) is 6.42 Å². The van der Waals surface area contributed by atoms with Gasteiger partial charge in [-0.1, -0.05) is 80.5 Å². The SMILES string of the molecule is CC/C=C\C/C=C\C=C\C(O)/C=C/C=C/C(O)[C@H](O)CCCCCC(=O)O. The first kappa shape index (κ1) is 25.1. The first-order valence-corrected chi connectivity index (χ1v) is 9.56. The molecule has 0 bridgehead atoms. The van der Waals surface area contributed by atoms with E-state index >= 15 is 0 Å². The number of unbranched alkanes of at least 4 members (excludes halogenated alkanes) is 2. The number of aliphatic carboxylic acids is 1. The summed E-state index contributed by atoms with van der Waals surface area (Å²) in [4.78, 5) is 10.4. The maximum atomic E-state index is 10.4. The molecule has 0 aromatic rings. The summed E-state index contributed by atoms with van der Waals surface area (Å²) in [7, 11) is 0. The maximum Gasteiger partial charge on any atom is 0.303 e. The van der Waals surface area contributed by atoms with Crippen molar-refractivity contribution in [3.8, 4) is 0 Å². The Hall–Kier alpha value is -1.95. The topological polar surface area (TPSA) is 98.0 Å². The minimum Gasteiger partial charge on any atom is -0.481 e. The van der Waals surface area contributed by atoms with Crippen molar-refractivity contribution in [3.63, 3.8) is 0 Å². The zero-order chi connectivity index (χ0) is 20.3. The lowest BCUT2D eigenvalue weighted by Gasteiger charge is -2.13. The number of aliphatic hydroxyl groups excluding tert-OH is 3. The monoisotopic (exact) mass is 378 g/mol. The number of hydrogen-bond acceptors (Lipinski definition) is 4. The molecule has 0 spiro atoms. The summed E-state index contributed by atoms with van der Waals surface area (Å²) >= 11 is 0. The molecule has 152 valence electrons. The minimum atomic E-state index is -0.985. The molecule has 0 heterocycles. The molecular formula is C22H34O5. The summed E-state index contributed by atoms with van der Waals surface area (Å²) in [6, 6.07) is 0. The van der Waals surface area contributed by atoms with Gasteiger partial charge in [-0.15, -0.1) is 0 Å². The van der Waals surface area contributed by atoms with Crippen LogP contribution in [0.3, 0.4) is 0 Å². The van der Waals surface area contributed by atoms with Crippen LogP contribution in [0.5, 0.6) is 0 Å². The number of rotatable bonds is 15. The van der Waals surface area contributed by atoms with Crippen LogP contribution in [0.4, 0.5) is 0 Å². The molecule has 2 unspecified atom stereocenters. The number of aliphatic hydroxyl groups is 3. The molecule has 5 heteroatoms. The second-order valence-corrected chi connectivity index (χ2v) is 6.24. The van der Waals surface area contributed by atoms with Gasteiger partial charge < -0.3 is 20.4 Å². The number of carboxylic acid groups (broad SMARTS) is 1. The van der Waals surface area contributed by atoms with E-state index in [1.165, 1.54) is 6.08 Å². The summed E-state index contributed by atoms with van der Waals surface area (Å²) in [5.74, 6) is -0.817. The van der Waals surface area contributed by atoms with E-state index < -0.39 is 24.3 Å². The van der Waals surface area contributed by atoms with E-state index in [0.717, 1.165) is 12.8 Å². The van der Waals surface area contributed by atoms with E-state index in [2.05, 4.69) is 19.1 Å². The summed E-state index contributed by atoms with van der Waals surface area (Å²) in [6.45, 7) is 2.09. The van der Waals surface area contributed by atoms with Crippen molar-refractivity contribution in [1.82, 2.24) is 0 Å². The van der Waals surface area contributed by atoms with E-state index in [0.29, 0.717) is 25.7 Å². The van der Waals surface area contributed by atoms with Crippen molar-refractivity contribution in [3.05, 3.63) is 60.8 Å². The van der Waals surface area contributed by atoms with Crippen molar-refractivity contribution in [2.75, 3.05) is 0 Å². The number of allylic oxidation sites excluding steroid dienone is 7. The summed E-state index contributed by atoms with van der Waals surface area (Å²) in [6.07, 6.45) is 19.5. The third-order valence-electron chi connectivity index (χ3n) is 3.74. The van der Waals surface area contributed by atoms with Crippen molar-refractivity contribution in [2.45, 2.75) is 70.2 Å². The fraction of sp³-hybridized carbons (Fsp3) is 0.500. The zero-order valence-corrected chi connectivity index (χ0v) is 16.2. The van der Waals surface area contributed by atoms with Gasteiger partial charge in [0.15, 0.2) is 0 Å². The highest BCUT2D eigenvalue weighted by Gasteiger charge is 2.12. The third-order valence-corrected chi connectivity index (χ3v) is 3.74. The molecular weight excluding hydrogens is 344 g/mol. The van der Waals surface area contributed by atoms with Crippen molar-refractivity contribution in [2.24, 2.45) is 0 Å². The van der Waals surface area contributed by atoms with E-state index in [9.17, 15) is 20.1 Å². The van der Waals surface area contributed by atoms with Gasteiger partial charge in [-0.05, 0) is 25.7 Å². The average Bonchev–Trinajstić information content (AvgIpc) is 2.63. The van der Waals surface area contributed by atoms with E-state index in [4.69, 9.17) is 5.11 Å². The molecule has 0 aromatic carbocycles. The van der Waals surface area contributed by atoms with Crippen LogP contribution < -0.4 is 0 Å². The van der Waals surface area contributed by atoms with Crippen molar-refractivity contribution < 1.29 is 25.2 Å². The van der Waals surface area contributed by atoms with Crippen LogP contribution >= 0.6 is 0 Å². The van der Waals surface area contributed by atoms with Crippen LogP contribution in [0.2, 0.25) is 0 Å². The first-order chi connectivity index (χ1) is 13.0. The Balaban J connectivity index is 4.01. The maximum absolute atomic E-state index is 10.4. The Labute approximate surface area is 162 Å². The van der Waals surface area contributed by atoms with Crippen molar-refractivity contribution in [1.29, 1.82) is 0 Å². The Bertz CT molecular complexity index is 517. The summed E-state index contributed by atoms with van der Waals surface area (Å²) in [5.41, 5.74) is 0. The highest BCUT2D eigenvalue weighted by Crippen LogP contribution is 2.09. The Morgan fingerprint density at radius 3 is 2.19 bits per heavy atom. The molecule has 0 amide bonds. The highest BCUT2D eigenvalue weighted by molar-refractivity contribution is 5.66. The van der Waals surface area contributed by atoms with Gasteiger partial charge in [0.1, 0.15) is 0 Å². The van der Waals surface area contributed by atoms with Gasteiger partial charge >= 0.3 is 5.97 Å². The normalized spacial score (nSPS) is 16.3.